The maximum Gasteiger partial charge on any atom is 0.416 e. The van der Waals surface area contributed by atoms with Gasteiger partial charge in [0.15, 0.2) is 5.82 Å². The van der Waals surface area contributed by atoms with Gasteiger partial charge in [-0.05, 0) is 74.9 Å². The standard InChI is InChI=1S/C26H23F3N4O2/c1-15-11-16(23-31-14-18-12-19(26(27,28)29)6-7-20(18)32-23)5-8-21(15)33(4)24(34)17-9-10-30-22(13-17)25(2,3)35/h5-14,35H,1-4H3. The third-order valence-electron chi connectivity index (χ3n) is 5.66. The highest BCUT2D eigenvalue weighted by Gasteiger charge is 2.30. The molecule has 180 valence electrons. The lowest BCUT2D eigenvalue weighted by Crippen LogP contribution is -2.28. The Bertz CT molecular complexity index is 1430. The highest BCUT2D eigenvalue weighted by atomic mass is 19.4. The average Bonchev–Trinajstić information content (AvgIpc) is 2.81. The van der Waals surface area contributed by atoms with Gasteiger partial charge in [-0.3, -0.25) is 9.78 Å². The summed E-state index contributed by atoms with van der Waals surface area (Å²) >= 11 is 0. The predicted octanol–water partition coefficient (Wildman–Crippen LogP) is 5.52. The molecule has 2 aromatic heterocycles. The largest absolute Gasteiger partial charge is 0.416 e. The first-order chi connectivity index (χ1) is 16.3. The number of hydrogen-bond donors (Lipinski definition) is 1. The number of fused-ring (bicyclic) bond motifs is 1. The maximum absolute atomic E-state index is 13.1. The van der Waals surface area contributed by atoms with Gasteiger partial charge < -0.3 is 10.0 Å². The van der Waals surface area contributed by atoms with Crippen molar-refractivity contribution in [2.45, 2.75) is 32.5 Å². The number of aryl methyl sites for hydroxylation is 1. The number of pyridine rings is 1. The predicted molar refractivity (Wildman–Crippen MR) is 127 cm³/mol. The SMILES string of the molecule is Cc1cc(-c2ncc3cc(C(F)(F)F)ccc3n2)ccc1N(C)C(=O)c1ccnc(C(C)(C)O)c1. The van der Waals surface area contributed by atoms with E-state index in [4.69, 9.17) is 0 Å². The van der Waals surface area contributed by atoms with Gasteiger partial charge >= 0.3 is 6.18 Å². The lowest BCUT2D eigenvalue weighted by atomic mass is 10.0. The molecule has 1 N–H and O–H groups in total. The second kappa shape index (κ2) is 8.74. The minimum Gasteiger partial charge on any atom is -0.384 e. The van der Waals surface area contributed by atoms with Crippen molar-refractivity contribution in [3.8, 4) is 11.4 Å². The van der Waals surface area contributed by atoms with E-state index in [0.717, 1.165) is 17.7 Å². The summed E-state index contributed by atoms with van der Waals surface area (Å²) in [6.07, 6.45) is -1.58. The van der Waals surface area contributed by atoms with Crippen LogP contribution in [0.4, 0.5) is 18.9 Å². The number of carbonyl (C=O) groups excluding carboxylic acids is 1. The Kier molecular flexibility index (Phi) is 6.06. The molecule has 6 nitrogen and oxygen atoms in total. The van der Waals surface area contributed by atoms with E-state index in [1.165, 1.54) is 23.4 Å². The fourth-order valence-corrected chi connectivity index (χ4v) is 3.72. The molecule has 4 aromatic rings. The Hall–Kier alpha value is -3.85. The number of aromatic nitrogens is 3. The number of nitrogens with zero attached hydrogens (tertiary/aromatic N) is 4. The van der Waals surface area contributed by atoms with Crippen LogP contribution in [0, 0.1) is 6.92 Å². The Balaban J connectivity index is 1.62. The molecule has 35 heavy (non-hydrogen) atoms. The number of anilines is 1. The molecule has 0 fully saturated rings. The van der Waals surface area contributed by atoms with Crippen LogP contribution in [0.2, 0.25) is 0 Å². The first-order valence-corrected chi connectivity index (χ1v) is 10.8. The number of hydrogen-bond acceptors (Lipinski definition) is 5. The average molecular weight is 480 g/mol. The summed E-state index contributed by atoms with van der Waals surface area (Å²) in [6.45, 7) is 5.04. The van der Waals surface area contributed by atoms with Crippen LogP contribution in [0.5, 0.6) is 0 Å². The van der Waals surface area contributed by atoms with Gasteiger partial charge in [0.1, 0.15) is 5.60 Å². The summed E-state index contributed by atoms with van der Waals surface area (Å²) in [4.78, 5) is 27.4. The van der Waals surface area contributed by atoms with E-state index in [1.807, 2.05) is 13.0 Å². The normalized spacial score (nSPS) is 12.1. The molecular weight excluding hydrogens is 457 g/mol. The van der Waals surface area contributed by atoms with Crippen molar-refractivity contribution < 1.29 is 23.1 Å². The molecule has 0 saturated heterocycles. The zero-order valence-corrected chi connectivity index (χ0v) is 19.6. The summed E-state index contributed by atoms with van der Waals surface area (Å²) in [5.74, 6) is 0.0982. The Morgan fingerprint density at radius 3 is 2.40 bits per heavy atom. The molecule has 0 bridgehead atoms. The molecule has 0 aliphatic carbocycles. The summed E-state index contributed by atoms with van der Waals surface area (Å²) in [7, 11) is 1.65. The van der Waals surface area contributed by atoms with Crippen molar-refractivity contribution in [3.05, 3.63) is 83.3 Å². The highest BCUT2D eigenvalue weighted by Crippen LogP contribution is 2.32. The molecular formula is C26H23F3N4O2. The Morgan fingerprint density at radius 1 is 1.00 bits per heavy atom. The van der Waals surface area contributed by atoms with Crippen LogP contribution in [-0.4, -0.2) is 33.0 Å². The lowest BCUT2D eigenvalue weighted by Gasteiger charge is -2.22. The molecule has 2 heterocycles. The molecule has 4 rings (SSSR count). The highest BCUT2D eigenvalue weighted by molar-refractivity contribution is 6.06. The van der Waals surface area contributed by atoms with E-state index in [0.29, 0.717) is 39.2 Å². The van der Waals surface area contributed by atoms with E-state index in [2.05, 4.69) is 15.0 Å². The van der Waals surface area contributed by atoms with Crippen molar-refractivity contribution in [1.29, 1.82) is 0 Å². The third kappa shape index (κ3) is 5.00. The van der Waals surface area contributed by atoms with E-state index in [-0.39, 0.29) is 5.91 Å². The van der Waals surface area contributed by atoms with Crippen LogP contribution in [-0.2, 0) is 11.8 Å². The number of carbonyl (C=O) groups is 1. The van der Waals surface area contributed by atoms with Gasteiger partial charge in [-0.25, -0.2) is 9.97 Å². The van der Waals surface area contributed by atoms with Crippen molar-refractivity contribution in [2.24, 2.45) is 0 Å². The monoisotopic (exact) mass is 480 g/mol. The summed E-state index contributed by atoms with van der Waals surface area (Å²) in [5.41, 5.74) is 1.36. The van der Waals surface area contributed by atoms with Crippen molar-refractivity contribution in [3.63, 3.8) is 0 Å². The van der Waals surface area contributed by atoms with E-state index >= 15 is 0 Å². The van der Waals surface area contributed by atoms with Crippen LogP contribution in [0.25, 0.3) is 22.3 Å². The minimum atomic E-state index is -4.44. The number of halogens is 3. The van der Waals surface area contributed by atoms with E-state index in [9.17, 15) is 23.1 Å². The smallest absolute Gasteiger partial charge is 0.384 e. The van der Waals surface area contributed by atoms with Gasteiger partial charge in [0.2, 0.25) is 0 Å². The Morgan fingerprint density at radius 2 is 1.74 bits per heavy atom. The van der Waals surface area contributed by atoms with Crippen molar-refractivity contribution in [1.82, 2.24) is 15.0 Å². The van der Waals surface area contributed by atoms with Crippen molar-refractivity contribution in [2.75, 3.05) is 11.9 Å². The van der Waals surface area contributed by atoms with Gasteiger partial charge in [-0.1, -0.05) is 0 Å². The molecule has 0 radical (unpaired) electrons. The van der Waals surface area contributed by atoms with Crippen LogP contribution in [0.1, 0.15) is 41.0 Å². The molecule has 0 spiro atoms. The minimum absolute atomic E-state index is 0.267. The number of aliphatic hydroxyl groups is 1. The van der Waals surface area contributed by atoms with E-state index < -0.39 is 17.3 Å². The van der Waals surface area contributed by atoms with Gasteiger partial charge in [-0.15, -0.1) is 0 Å². The van der Waals surface area contributed by atoms with Crippen LogP contribution in [0.15, 0.2) is 60.9 Å². The number of alkyl halides is 3. The number of benzene rings is 2. The molecule has 0 atom stereocenters. The first kappa shape index (κ1) is 24.3. The second-order valence-electron chi connectivity index (χ2n) is 8.82. The van der Waals surface area contributed by atoms with Gasteiger partial charge in [0.05, 0.1) is 16.8 Å². The van der Waals surface area contributed by atoms with Gasteiger partial charge in [0.25, 0.3) is 5.91 Å². The zero-order chi connectivity index (χ0) is 25.5. The van der Waals surface area contributed by atoms with Crippen LogP contribution >= 0.6 is 0 Å². The first-order valence-electron chi connectivity index (χ1n) is 10.8. The Labute approximate surface area is 200 Å². The summed E-state index contributed by atoms with van der Waals surface area (Å²) in [6, 6.07) is 11.8. The van der Waals surface area contributed by atoms with Crippen LogP contribution < -0.4 is 4.90 Å². The lowest BCUT2D eigenvalue weighted by molar-refractivity contribution is -0.137. The fourth-order valence-electron chi connectivity index (χ4n) is 3.72. The number of rotatable bonds is 4. The zero-order valence-electron chi connectivity index (χ0n) is 19.6. The molecule has 1 amide bonds. The fraction of sp³-hybridized carbons (Fsp3) is 0.231. The number of amides is 1. The maximum atomic E-state index is 13.1. The molecule has 0 aliphatic rings. The molecule has 0 unspecified atom stereocenters. The van der Waals surface area contributed by atoms with Gasteiger partial charge in [0, 0.05) is 41.6 Å². The topological polar surface area (TPSA) is 79.2 Å². The second-order valence-corrected chi connectivity index (χ2v) is 8.82. The van der Waals surface area contributed by atoms with Gasteiger partial charge in [-0.2, -0.15) is 13.2 Å². The van der Waals surface area contributed by atoms with Crippen molar-refractivity contribution >= 4 is 22.5 Å². The quantitative estimate of drug-likeness (QED) is 0.416. The molecule has 0 aliphatic heterocycles. The van der Waals surface area contributed by atoms with E-state index in [1.54, 1.807) is 45.2 Å². The summed E-state index contributed by atoms with van der Waals surface area (Å²) in [5, 5.41) is 10.5. The molecule has 2 aromatic carbocycles. The summed E-state index contributed by atoms with van der Waals surface area (Å²) < 4.78 is 38.9. The molecule has 9 heteroatoms. The third-order valence-corrected chi connectivity index (χ3v) is 5.66. The molecule has 0 saturated carbocycles. The van der Waals surface area contributed by atoms with Crippen LogP contribution in [0.3, 0.4) is 0 Å².